The molecule has 1 aliphatic rings. The lowest BCUT2D eigenvalue weighted by atomic mass is 10.0. The van der Waals surface area contributed by atoms with Gasteiger partial charge in [0.05, 0.1) is 20.1 Å². The van der Waals surface area contributed by atoms with Gasteiger partial charge in [0.25, 0.3) is 0 Å². The van der Waals surface area contributed by atoms with Crippen molar-refractivity contribution in [2.75, 3.05) is 0 Å². The van der Waals surface area contributed by atoms with Gasteiger partial charge in [0.2, 0.25) is 10.0 Å². The third kappa shape index (κ3) is 2.46. The van der Waals surface area contributed by atoms with Crippen molar-refractivity contribution in [3.8, 4) is 0 Å². The van der Waals surface area contributed by atoms with Crippen molar-refractivity contribution in [1.82, 2.24) is 4.98 Å². The molecule has 6 heteroatoms. The maximum absolute atomic E-state index is 11.4. The number of fused-ring (bicyclic) bond motifs is 1. The highest BCUT2D eigenvalue weighted by atomic mass is 32.2. The predicted molar refractivity (Wildman–Crippen MR) is 96.7 cm³/mol. The third-order valence-corrected chi connectivity index (χ3v) is 7.02. The minimum atomic E-state index is -3.65. The number of hydrogen-bond acceptors (Lipinski definition) is 4. The molecule has 4 rings (SSSR count). The molecule has 3 aromatic rings. The third-order valence-electron chi connectivity index (χ3n) is 4.97. The fraction of sp³-hybridized carbons (Fsp3) is 0.278. The van der Waals surface area contributed by atoms with Gasteiger partial charge in [-0.2, -0.15) is 0 Å². The normalized spacial score (nSPS) is 22.6. The van der Waals surface area contributed by atoms with Crippen LogP contribution >= 0.6 is 11.3 Å². The Hall–Kier alpha value is -1.76. The van der Waals surface area contributed by atoms with E-state index in [9.17, 15) is 8.42 Å². The lowest BCUT2D eigenvalue weighted by molar-refractivity contribution is 0.597. The van der Waals surface area contributed by atoms with Crippen LogP contribution in [0.4, 0.5) is 0 Å². The number of benzene rings is 2. The zero-order chi connectivity index (χ0) is 17.1. The highest BCUT2D eigenvalue weighted by Crippen LogP contribution is 2.70. The number of primary sulfonamides is 1. The van der Waals surface area contributed by atoms with Gasteiger partial charge in [0.1, 0.15) is 0 Å². The Bertz CT molecular complexity index is 988. The number of nitrogens with zero attached hydrogens (tertiary/aromatic N) is 1. The number of para-hydroxylation sites is 1. The molecule has 1 aromatic heterocycles. The zero-order valence-corrected chi connectivity index (χ0v) is 15.1. The fourth-order valence-electron chi connectivity index (χ4n) is 3.61. The van der Waals surface area contributed by atoms with Gasteiger partial charge in [-0.05, 0) is 41.2 Å². The summed E-state index contributed by atoms with van der Waals surface area (Å²) in [6.45, 7) is 4.48. The molecule has 0 saturated heterocycles. The Morgan fingerprint density at radius 3 is 2.33 bits per heavy atom. The van der Waals surface area contributed by atoms with E-state index in [1.165, 1.54) is 4.70 Å². The number of rotatable bonds is 3. The Balaban J connectivity index is 1.69. The zero-order valence-electron chi connectivity index (χ0n) is 13.4. The molecule has 0 unspecified atom stereocenters. The molecule has 2 aromatic carbocycles. The van der Waals surface area contributed by atoms with E-state index in [2.05, 4.69) is 19.9 Å². The lowest BCUT2D eigenvalue weighted by Crippen LogP contribution is -2.11. The first-order valence-corrected chi connectivity index (χ1v) is 10.1. The minimum Gasteiger partial charge on any atom is -0.241 e. The molecule has 1 aliphatic carbocycles. The molecule has 1 heterocycles. The van der Waals surface area contributed by atoms with Crippen LogP contribution in [0.2, 0.25) is 0 Å². The molecule has 124 valence electrons. The van der Waals surface area contributed by atoms with Crippen LogP contribution in [-0.4, -0.2) is 13.4 Å². The summed E-state index contributed by atoms with van der Waals surface area (Å²) >= 11 is 1.75. The molecule has 0 radical (unpaired) electrons. The van der Waals surface area contributed by atoms with Crippen LogP contribution in [0.5, 0.6) is 0 Å². The maximum atomic E-state index is 11.4. The van der Waals surface area contributed by atoms with Gasteiger partial charge in [-0.1, -0.05) is 38.1 Å². The van der Waals surface area contributed by atoms with Crippen molar-refractivity contribution < 1.29 is 8.42 Å². The Morgan fingerprint density at radius 1 is 1.04 bits per heavy atom. The molecule has 4 nitrogen and oxygen atoms in total. The second-order valence-corrected chi connectivity index (χ2v) is 9.53. The first-order chi connectivity index (χ1) is 11.3. The van der Waals surface area contributed by atoms with Gasteiger partial charge in [0, 0.05) is 5.92 Å². The van der Waals surface area contributed by atoms with Gasteiger partial charge < -0.3 is 0 Å². The van der Waals surface area contributed by atoms with Crippen LogP contribution in [0.1, 0.15) is 36.3 Å². The lowest BCUT2D eigenvalue weighted by Gasteiger charge is -2.04. The van der Waals surface area contributed by atoms with Gasteiger partial charge in [-0.15, -0.1) is 11.3 Å². The standard InChI is InChI=1S/C18H18N2O2S2/c1-18(2)15(11-7-9-12(10-8-11)24(19,21)22)16(18)17-20-13-5-3-4-6-14(13)23-17/h3-10,15-16H,1-2H3,(H2,19,21,22)/t15-,16+/m1/s1. The number of sulfonamides is 1. The van der Waals surface area contributed by atoms with E-state index >= 15 is 0 Å². The summed E-state index contributed by atoms with van der Waals surface area (Å²) in [6.07, 6.45) is 0. The monoisotopic (exact) mass is 358 g/mol. The summed E-state index contributed by atoms with van der Waals surface area (Å²) in [7, 11) is -3.65. The maximum Gasteiger partial charge on any atom is 0.238 e. The molecule has 24 heavy (non-hydrogen) atoms. The van der Waals surface area contributed by atoms with Crippen molar-refractivity contribution in [3.05, 3.63) is 59.1 Å². The summed E-state index contributed by atoms with van der Waals surface area (Å²) in [5.74, 6) is 0.697. The van der Waals surface area contributed by atoms with E-state index in [1.807, 2.05) is 30.3 Å². The van der Waals surface area contributed by atoms with E-state index in [1.54, 1.807) is 23.5 Å². The quantitative estimate of drug-likeness (QED) is 0.773. The molecule has 0 aliphatic heterocycles. The van der Waals surface area contributed by atoms with Crippen LogP contribution in [0.15, 0.2) is 53.4 Å². The van der Waals surface area contributed by atoms with E-state index in [-0.39, 0.29) is 10.3 Å². The van der Waals surface area contributed by atoms with Crippen molar-refractivity contribution in [2.24, 2.45) is 10.6 Å². The summed E-state index contributed by atoms with van der Waals surface area (Å²) < 4.78 is 24.0. The predicted octanol–water partition coefficient (Wildman–Crippen LogP) is 3.85. The van der Waals surface area contributed by atoms with Crippen LogP contribution in [0.3, 0.4) is 0 Å². The number of aromatic nitrogens is 1. The van der Waals surface area contributed by atoms with Crippen molar-refractivity contribution in [2.45, 2.75) is 30.6 Å². The second kappa shape index (κ2) is 5.12. The molecule has 2 N–H and O–H groups in total. The summed E-state index contributed by atoms with van der Waals surface area (Å²) in [6, 6.07) is 15.1. The van der Waals surface area contributed by atoms with E-state index in [0.717, 1.165) is 16.1 Å². The van der Waals surface area contributed by atoms with E-state index < -0.39 is 10.0 Å². The molecule has 1 fully saturated rings. The second-order valence-electron chi connectivity index (χ2n) is 6.91. The number of thiazole rings is 1. The number of hydrogen-bond donors (Lipinski definition) is 1. The Labute approximate surface area is 145 Å². The van der Waals surface area contributed by atoms with Crippen molar-refractivity contribution >= 4 is 31.6 Å². The van der Waals surface area contributed by atoms with Crippen LogP contribution in [0, 0.1) is 5.41 Å². The average Bonchev–Trinajstić information content (AvgIpc) is 2.90. The minimum absolute atomic E-state index is 0.108. The Kier molecular flexibility index (Phi) is 3.36. The topological polar surface area (TPSA) is 73.1 Å². The molecule has 0 spiro atoms. The molecule has 1 saturated carbocycles. The smallest absolute Gasteiger partial charge is 0.238 e. The highest BCUT2D eigenvalue weighted by molar-refractivity contribution is 7.89. The first-order valence-electron chi connectivity index (χ1n) is 7.77. The molecule has 0 bridgehead atoms. The SMILES string of the molecule is CC1(C)[C@H](c2ccc(S(N)(=O)=O)cc2)[C@H]1c1nc2ccccc2s1. The summed E-state index contributed by atoms with van der Waals surface area (Å²) in [5, 5.41) is 6.33. The average molecular weight is 358 g/mol. The van der Waals surface area contributed by atoms with Crippen molar-refractivity contribution in [1.29, 1.82) is 0 Å². The van der Waals surface area contributed by atoms with Crippen LogP contribution in [-0.2, 0) is 10.0 Å². The largest absolute Gasteiger partial charge is 0.241 e. The number of nitrogens with two attached hydrogens (primary N) is 1. The highest BCUT2D eigenvalue weighted by Gasteiger charge is 2.60. The molecular formula is C18H18N2O2S2. The summed E-state index contributed by atoms with van der Waals surface area (Å²) in [4.78, 5) is 4.96. The summed E-state index contributed by atoms with van der Waals surface area (Å²) in [5.41, 5.74) is 2.29. The van der Waals surface area contributed by atoms with E-state index in [0.29, 0.717) is 11.8 Å². The van der Waals surface area contributed by atoms with Crippen LogP contribution in [0.25, 0.3) is 10.2 Å². The fourth-order valence-corrected chi connectivity index (χ4v) is 5.43. The first kappa shape index (κ1) is 15.7. The molecule has 2 atom stereocenters. The van der Waals surface area contributed by atoms with E-state index in [4.69, 9.17) is 10.1 Å². The van der Waals surface area contributed by atoms with Crippen molar-refractivity contribution in [3.63, 3.8) is 0 Å². The van der Waals surface area contributed by atoms with Crippen LogP contribution < -0.4 is 5.14 Å². The molecular weight excluding hydrogens is 340 g/mol. The Morgan fingerprint density at radius 2 is 1.71 bits per heavy atom. The van der Waals surface area contributed by atoms with Gasteiger partial charge >= 0.3 is 0 Å². The van der Waals surface area contributed by atoms with Gasteiger partial charge in [-0.25, -0.2) is 18.5 Å². The molecule has 0 amide bonds. The van der Waals surface area contributed by atoms with Gasteiger partial charge in [0.15, 0.2) is 0 Å². The van der Waals surface area contributed by atoms with Gasteiger partial charge in [-0.3, -0.25) is 0 Å².